The second-order valence-corrected chi connectivity index (χ2v) is 14.7. The van der Waals surface area contributed by atoms with E-state index in [1.54, 1.807) is 6.20 Å². The fraction of sp³-hybridized carbons (Fsp3) is 0.514. The average Bonchev–Trinajstić information content (AvgIpc) is 3.82. The van der Waals surface area contributed by atoms with Crippen molar-refractivity contribution in [1.82, 2.24) is 30.0 Å². The fourth-order valence-corrected chi connectivity index (χ4v) is 8.05. The van der Waals surface area contributed by atoms with Gasteiger partial charge in [-0.2, -0.15) is 28.2 Å². The summed E-state index contributed by atoms with van der Waals surface area (Å²) in [5, 5.41) is 8.76. The Labute approximate surface area is 288 Å². The van der Waals surface area contributed by atoms with Gasteiger partial charge in [-0.05, 0) is 93.3 Å². The molecule has 1 N–H and O–H groups in total. The third-order valence-corrected chi connectivity index (χ3v) is 11.0. The molecule has 4 aliphatic rings. The number of halogens is 3. The Morgan fingerprint density at radius 3 is 2.48 bits per heavy atom. The van der Waals surface area contributed by atoms with Gasteiger partial charge in [-0.3, -0.25) is 9.89 Å². The lowest BCUT2D eigenvalue weighted by Crippen LogP contribution is -2.61. The number of aromatic nitrogens is 4. The molecule has 3 aliphatic heterocycles. The van der Waals surface area contributed by atoms with Crippen LogP contribution in [-0.4, -0.2) is 101 Å². The summed E-state index contributed by atoms with van der Waals surface area (Å²) in [6.07, 6.45) is 3.57. The van der Waals surface area contributed by atoms with Gasteiger partial charge >= 0.3 is 12.2 Å². The smallest absolute Gasteiger partial charge is 0.422 e. The van der Waals surface area contributed by atoms with Gasteiger partial charge in [-0.1, -0.05) is 12.6 Å². The monoisotopic (exact) mass is 689 g/mol. The number of piperidine rings is 2. The van der Waals surface area contributed by atoms with Crippen molar-refractivity contribution in [2.45, 2.75) is 63.6 Å². The van der Waals surface area contributed by atoms with Crippen LogP contribution in [0, 0.1) is 12.3 Å². The number of carbonyl (C=O) groups is 1. The van der Waals surface area contributed by atoms with Crippen molar-refractivity contribution in [3.63, 3.8) is 0 Å². The van der Waals surface area contributed by atoms with Crippen molar-refractivity contribution in [2.24, 2.45) is 5.41 Å². The molecular weight excluding hydrogens is 647 g/mol. The number of ether oxygens (including phenoxy) is 2. The molecule has 50 heavy (non-hydrogen) atoms. The maximum absolute atomic E-state index is 14.0. The molecule has 2 aromatic heterocycles. The first-order valence-electron chi connectivity index (χ1n) is 17.5. The number of H-pyrrole nitrogens is 1. The second-order valence-electron chi connectivity index (χ2n) is 14.7. The Morgan fingerprint density at radius 2 is 1.80 bits per heavy atom. The highest BCUT2D eigenvalue weighted by atomic mass is 19.4. The molecular formula is C37H42F3N7O3. The molecule has 4 fully saturated rings. The summed E-state index contributed by atoms with van der Waals surface area (Å²) >= 11 is 0. The number of alkyl halides is 3. The standard InChI is InChI=1S/C37H42F3N7O3/c1-4-29(48)47-19-36(20-47)11-15-46(16-12-36)34-26-17-25(23-6-7-23)31(30-22(2)5-8-28-27(30)18-41-44-28)33(49-21-37(38,39)40)32(26)42-35(43-34)50-24-9-13-45(3)14-10-24/h4-5,8,17-18,23-24H,1,6-7,9-16,19-21H2,2-3H3,(H,41,44). The minimum absolute atomic E-state index is 0.0413. The maximum atomic E-state index is 14.0. The molecule has 264 valence electrons. The van der Waals surface area contributed by atoms with Gasteiger partial charge in [0.2, 0.25) is 5.91 Å². The summed E-state index contributed by atoms with van der Waals surface area (Å²) in [7, 11) is 2.07. The molecule has 0 radical (unpaired) electrons. The molecule has 1 amide bonds. The third-order valence-electron chi connectivity index (χ3n) is 11.0. The summed E-state index contributed by atoms with van der Waals surface area (Å²) in [6.45, 7) is 8.63. The molecule has 2 aromatic carbocycles. The van der Waals surface area contributed by atoms with Crippen LogP contribution >= 0.6 is 0 Å². The lowest BCUT2D eigenvalue weighted by Gasteiger charge is -2.54. The number of carbonyl (C=O) groups excluding carboxylic acids is 1. The number of amides is 1. The minimum atomic E-state index is -4.57. The Balaban J connectivity index is 1.29. The van der Waals surface area contributed by atoms with Crippen molar-refractivity contribution in [3.05, 3.63) is 48.2 Å². The molecule has 5 heterocycles. The van der Waals surface area contributed by atoms with E-state index >= 15 is 0 Å². The number of likely N-dealkylation sites (tertiary alicyclic amines) is 2. The maximum Gasteiger partial charge on any atom is 0.422 e. The van der Waals surface area contributed by atoms with E-state index in [-0.39, 0.29) is 35.1 Å². The van der Waals surface area contributed by atoms with Gasteiger partial charge in [0.05, 0.1) is 11.7 Å². The molecule has 13 heteroatoms. The molecule has 4 aromatic rings. The molecule has 8 rings (SSSR count). The number of nitrogens with zero attached hydrogens (tertiary/aromatic N) is 6. The molecule has 3 saturated heterocycles. The van der Waals surface area contributed by atoms with Crippen molar-refractivity contribution in [3.8, 4) is 22.9 Å². The van der Waals surface area contributed by atoms with Crippen LogP contribution in [0.5, 0.6) is 11.8 Å². The predicted molar refractivity (Wildman–Crippen MR) is 185 cm³/mol. The Kier molecular flexibility index (Phi) is 8.15. The van der Waals surface area contributed by atoms with E-state index in [2.05, 4.69) is 39.7 Å². The number of anilines is 1. The van der Waals surface area contributed by atoms with Crippen LogP contribution in [-0.2, 0) is 4.79 Å². The second kappa shape index (κ2) is 12.4. The van der Waals surface area contributed by atoms with Crippen LogP contribution in [0.15, 0.2) is 37.1 Å². The van der Waals surface area contributed by atoms with Gasteiger partial charge < -0.3 is 24.2 Å². The van der Waals surface area contributed by atoms with Crippen LogP contribution in [0.25, 0.3) is 32.9 Å². The predicted octanol–water partition coefficient (Wildman–Crippen LogP) is 6.39. The normalized spacial score (nSPS) is 20.0. The van der Waals surface area contributed by atoms with Gasteiger partial charge in [-0.25, -0.2) is 0 Å². The topological polar surface area (TPSA) is 99.7 Å². The van der Waals surface area contributed by atoms with Crippen LogP contribution in [0.1, 0.15) is 55.6 Å². The van der Waals surface area contributed by atoms with E-state index in [1.165, 1.54) is 6.08 Å². The lowest BCUT2D eigenvalue weighted by molar-refractivity contribution is -0.153. The number of aryl methyl sites for hydroxylation is 1. The summed E-state index contributed by atoms with van der Waals surface area (Å²) in [5.74, 6) is 0.864. The zero-order chi connectivity index (χ0) is 34.8. The molecule has 1 aliphatic carbocycles. The van der Waals surface area contributed by atoms with Gasteiger partial charge in [0.25, 0.3) is 0 Å². The number of nitrogens with one attached hydrogen (secondary N) is 1. The van der Waals surface area contributed by atoms with Crippen LogP contribution in [0.2, 0.25) is 0 Å². The van der Waals surface area contributed by atoms with Crippen molar-refractivity contribution in [1.29, 1.82) is 0 Å². The highest BCUT2D eigenvalue weighted by Gasteiger charge is 2.46. The quantitative estimate of drug-likeness (QED) is 0.213. The molecule has 1 spiro atoms. The first-order chi connectivity index (χ1) is 24.0. The van der Waals surface area contributed by atoms with E-state index in [9.17, 15) is 18.0 Å². The Morgan fingerprint density at radius 1 is 1.06 bits per heavy atom. The number of hydrogen-bond acceptors (Lipinski definition) is 8. The highest BCUT2D eigenvalue weighted by molar-refractivity contribution is 6.06. The number of hydrogen-bond donors (Lipinski definition) is 1. The van der Waals surface area contributed by atoms with Crippen LogP contribution in [0.4, 0.5) is 19.0 Å². The van der Waals surface area contributed by atoms with E-state index in [0.29, 0.717) is 48.5 Å². The highest BCUT2D eigenvalue weighted by Crippen LogP contribution is 2.53. The lowest BCUT2D eigenvalue weighted by atomic mass is 9.72. The third kappa shape index (κ3) is 6.13. The number of benzene rings is 2. The number of aromatic amines is 1. The van der Waals surface area contributed by atoms with E-state index in [0.717, 1.165) is 79.2 Å². The summed E-state index contributed by atoms with van der Waals surface area (Å²) < 4.78 is 54.3. The molecule has 0 atom stereocenters. The van der Waals surface area contributed by atoms with E-state index in [4.69, 9.17) is 19.4 Å². The van der Waals surface area contributed by atoms with Crippen LogP contribution in [0.3, 0.4) is 0 Å². The van der Waals surface area contributed by atoms with Gasteiger partial charge in [0.1, 0.15) is 17.4 Å². The first-order valence-corrected chi connectivity index (χ1v) is 17.5. The van der Waals surface area contributed by atoms with Crippen molar-refractivity contribution >= 4 is 33.5 Å². The minimum Gasteiger partial charge on any atom is -0.481 e. The SMILES string of the molecule is C=CC(=O)N1CC2(CCN(c3nc(OC4CCN(C)CC4)nc4c(OCC(F)(F)F)c(-c5c(C)ccc6[nH]ncc56)c(C5CC5)cc34)CC2)C1. The molecule has 0 bridgehead atoms. The number of fused-ring (bicyclic) bond motifs is 2. The van der Waals surface area contributed by atoms with Gasteiger partial charge in [-0.15, -0.1) is 0 Å². The van der Waals surface area contributed by atoms with Crippen molar-refractivity contribution < 1.29 is 27.4 Å². The van der Waals surface area contributed by atoms with Crippen molar-refractivity contribution in [2.75, 3.05) is 57.8 Å². The van der Waals surface area contributed by atoms with Crippen LogP contribution < -0.4 is 14.4 Å². The average molecular weight is 690 g/mol. The largest absolute Gasteiger partial charge is 0.481 e. The molecule has 0 unspecified atom stereocenters. The van der Waals surface area contributed by atoms with E-state index in [1.807, 2.05) is 24.0 Å². The molecule has 10 nitrogen and oxygen atoms in total. The summed E-state index contributed by atoms with van der Waals surface area (Å²) in [4.78, 5) is 28.4. The summed E-state index contributed by atoms with van der Waals surface area (Å²) in [6, 6.07) is 6.13. The Bertz CT molecular complexity index is 1950. The van der Waals surface area contributed by atoms with Gasteiger partial charge in [0, 0.05) is 61.0 Å². The Hall–Kier alpha value is -4.39. The first kappa shape index (κ1) is 32.8. The van der Waals surface area contributed by atoms with E-state index < -0.39 is 12.8 Å². The van der Waals surface area contributed by atoms with Gasteiger partial charge in [0.15, 0.2) is 12.4 Å². The fourth-order valence-electron chi connectivity index (χ4n) is 8.05. The number of rotatable bonds is 8. The molecule has 1 saturated carbocycles. The summed E-state index contributed by atoms with van der Waals surface area (Å²) in [5.41, 5.74) is 4.40. The zero-order valence-corrected chi connectivity index (χ0v) is 28.5. The zero-order valence-electron chi connectivity index (χ0n) is 28.5.